The van der Waals surface area contributed by atoms with Crippen molar-refractivity contribution in [2.45, 2.75) is 37.9 Å². The summed E-state index contributed by atoms with van der Waals surface area (Å²) in [6, 6.07) is -0.302. The Hall–Kier alpha value is -1.11. The first-order valence-corrected chi connectivity index (χ1v) is 5.10. The van der Waals surface area contributed by atoms with Gasteiger partial charge in [-0.25, -0.2) is 0 Å². The molecule has 7 heteroatoms. The summed E-state index contributed by atoms with van der Waals surface area (Å²) < 4.78 is 40.5. The van der Waals surface area contributed by atoms with Crippen molar-refractivity contribution < 1.29 is 17.7 Å². The molecule has 2 N–H and O–H groups in total. The van der Waals surface area contributed by atoms with E-state index in [-0.39, 0.29) is 18.4 Å². The minimum absolute atomic E-state index is 0.00317. The van der Waals surface area contributed by atoms with E-state index in [1.165, 1.54) is 0 Å². The van der Waals surface area contributed by atoms with E-state index in [2.05, 4.69) is 10.1 Å². The monoisotopic (exact) mass is 235 g/mol. The zero-order valence-electron chi connectivity index (χ0n) is 8.50. The van der Waals surface area contributed by atoms with E-state index in [4.69, 9.17) is 10.3 Å². The van der Waals surface area contributed by atoms with Crippen LogP contribution < -0.4 is 5.73 Å². The van der Waals surface area contributed by atoms with Crippen LogP contribution in [0.15, 0.2) is 4.52 Å². The summed E-state index contributed by atoms with van der Waals surface area (Å²) in [5.74, 6) is 0.677. The van der Waals surface area contributed by atoms with E-state index < -0.39 is 12.6 Å². The Morgan fingerprint density at radius 1 is 1.44 bits per heavy atom. The van der Waals surface area contributed by atoms with Crippen molar-refractivity contribution >= 4 is 0 Å². The van der Waals surface area contributed by atoms with E-state index in [0.717, 1.165) is 12.8 Å². The predicted octanol–water partition coefficient (Wildman–Crippen LogP) is 1.97. The maximum atomic E-state index is 11.9. The summed E-state index contributed by atoms with van der Waals surface area (Å²) in [5, 5.41) is 3.60. The highest BCUT2D eigenvalue weighted by Crippen LogP contribution is 2.38. The second-order valence-corrected chi connectivity index (χ2v) is 4.02. The van der Waals surface area contributed by atoms with Gasteiger partial charge >= 0.3 is 6.18 Å². The maximum Gasteiger partial charge on any atom is 0.389 e. The highest BCUT2D eigenvalue weighted by Gasteiger charge is 2.33. The van der Waals surface area contributed by atoms with Crippen LogP contribution in [-0.4, -0.2) is 16.3 Å². The van der Waals surface area contributed by atoms with Gasteiger partial charge in [0, 0.05) is 6.42 Å². The van der Waals surface area contributed by atoms with Gasteiger partial charge in [-0.2, -0.15) is 18.2 Å². The van der Waals surface area contributed by atoms with Gasteiger partial charge in [0.25, 0.3) is 0 Å². The Morgan fingerprint density at radius 3 is 2.69 bits per heavy atom. The van der Waals surface area contributed by atoms with Crippen LogP contribution >= 0.6 is 0 Å². The molecule has 0 saturated heterocycles. The van der Waals surface area contributed by atoms with Crippen LogP contribution in [0.1, 0.15) is 37.0 Å². The molecule has 1 unspecified atom stereocenters. The van der Waals surface area contributed by atoms with Crippen LogP contribution in [0.5, 0.6) is 0 Å². The fourth-order valence-electron chi connectivity index (χ4n) is 1.42. The van der Waals surface area contributed by atoms with E-state index in [9.17, 15) is 13.2 Å². The Balaban J connectivity index is 1.91. The minimum atomic E-state index is -4.20. The molecule has 16 heavy (non-hydrogen) atoms. The Kier molecular flexibility index (Phi) is 2.88. The molecular weight excluding hydrogens is 223 g/mol. The van der Waals surface area contributed by atoms with Gasteiger partial charge in [-0.1, -0.05) is 5.16 Å². The highest BCUT2D eigenvalue weighted by atomic mass is 19.4. The summed E-state index contributed by atoms with van der Waals surface area (Å²) in [6.45, 7) is 0. The molecule has 1 aliphatic carbocycles. The number of nitrogens with two attached hydrogens (primary N) is 1. The SMILES string of the molecule is NC(c1noc(CCC(F)(F)F)n1)C1CC1. The van der Waals surface area contributed by atoms with Crippen molar-refractivity contribution in [3.63, 3.8) is 0 Å². The number of nitrogens with zero attached hydrogens (tertiary/aromatic N) is 2. The number of hydrogen-bond donors (Lipinski definition) is 1. The van der Waals surface area contributed by atoms with Crippen molar-refractivity contribution in [2.75, 3.05) is 0 Å². The molecule has 0 bridgehead atoms. The van der Waals surface area contributed by atoms with E-state index in [1.807, 2.05) is 0 Å². The average molecular weight is 235 g/mol. The topological polar surface area (TPSA) is 64.9 Å². The zero-order valence-corrected chi connectivity index (χ0v) is 8.50. The molecule has 1 atom stereocenters. The number of alkyl halides is 3. The van der Waals surface area contributed by atoms with Gasteiger partial charge in [0.05, 0.1) is 12.5 Å². The fourth-order valence-corrected chi connectivity index (χ4v) is 1.42. The molecule has 90 valence electrons. The van der Waals surface area contributed by atoms with Crippen LogP contribution in [0.25, 0.3) is 0 Å². The van der Waals surface area contributed by atoms with E-state index in [1.54, 1.807) is 0 Å². The molecule has 1 saturated carbocycles. The van der Waals surface area contributed by atoms with Crippen molar-refractivity contribution in [3.8, 4) is 0 Å². The molecule has 0 aliphatic heterocycles. The van der Waals surface area contributed by atoms with Crippen LogP contribution in [-0.2, 0) is 6.42 Å². The van der Waals surface area contributed by atoms with Crippen molar-refractivity contribution in [1.29, 1.82) is 0 Å². The second kappa shape index (κ2) is 4.04. The summed E-state index contributed by atoms with van der Waals surface area (Å²) in [6.07, 6.45) is -3.39. The van der Waals surface area contributed by atoms with E-state index >= 15 is 0 Å². The van der Waals surface area contributed by atoms with Crippen molar-refractivity contribution in [1.82, 2.24) is 10.1 Å². The van der Waals surface area contributed by atoms with Crippen LogP contribution in [0.2, 0.25) is 0 Å². The molecule has 0 aromatic carbocycles. The lowest BCUT2D eigenvalue weighted by molar-refractivity contribution is -0.134. The van der Waals surface area contributed by atoms with Crippen LogP contribution in [0, 0.1) is 5.92 Å². The van der Waals surface area contributed by atoms with Crippen molar-refractivity contribution in [2.24, 2.45) is 11.7 Å². The lowest BCUT2D eigenvalue weighted by atomic mass is 10.2. The zero-order chi connectivity index (χ0) is 11.8. The van der Waals surface area contributed by atoms with E-state index in [0.29, 0.717) is 11.7 Å². The summed E-state index contributed by atoms with van der Waals surface area (Å²) in [5.41, 5.74) is 5.79. The average Bonchev–Trinajstić information content (AvgIpc) is 2.92. The normalized spacial score (nSPS) is 18.8. The Labute approximate surface area is 90.0 Å². The number of aromatic nitrogens is 2. The van der Waals surface area contributed by atoms with Gasteiger partial charge in [-0.3, -0.25) is 0 Å². The number of aryl methyl sites for hydroxylation is 1. The smallest absolute Gasteiger partial charge is 0.339 e. The molecule has 1 aromatic rings. The lowest BCUT2D eigenvalue weighted by Gasteiger charge is -2.02. The molecule has 2 rings (SSSR count). The largest absolute Gasteiger partial charge is 0.389 e. The molecule has 1 aromatic heterocycles. The van der Waals surface area contributed by atoms with Gasteiger partial charge in [-0.05, 0) is 18.8 Å². The third-order valence-electron chi connectivity index (χ3n) is 2.53. The van der Waals surface area contributed by atoms with Gasteiger partial charge in [0.15, 0.2) is 5.82 Å². The first-order chi connectivity index (χ1) is 7.46. The molecular formula is C9H12F3N3O. The molecule has 0 spiro atoms. The minimum Gasteiger partial charge on any atom is -0.339 e. The number of rotatable bonds is 4. The quantitative estimate of drug-likeness (QED) is 0.866. The van der Waals surface area contributed by atoms with Crippen molar-refractivity contribution in [3.05, 3.63) is 11.7 Å². The standard InChI is InChI=1S/C9H12F3N3O/c10-9(11,12)4-3-6-14-8(15-16-6)7(13)5-1-2-5/h5,7H,1-4,13H2. The first-order valence-electron chi connectivity index (χ1n) is 5.10. The Morgan fingerprint density at radius 2 is 2.12 bits per heavy atom. The van der Waals surface area contributed by atoms with Crippen LogP contribution in [0.3, 0.4) is 0 Å². The second-order valence-electron chi connectivity index (χ2n) is 4.02. The first kappa shape index (κ1) is 11.4. The predicted molar refractivity (Wildman–Crippen MR) is 48.3 cm³/mol. The number of hydrogen-bond acceptors (Lipinski definition) is 4. The Bertz CT molecular complexity index is 359. The molecule has 0 amide bonds. The summed E-state index contributed by atoms with van der Waals surface area (Å²) >= 11 is 0. The molecule has 4 nitrogen and oxygen atoms in total. The number of halogens is 3. The third kappa shape index (κ3) is 2.94. The molecule has 0 radical (unpaired) electrons. The van der Waals surface area contributed by atoms with Gasteiger partial charge in [0.1, 0.15) is 0 Å². The maximum absolute atomic E-state index is 11.9. The fraction of sp³-hybridized carbons (Fsp3) is 0.778. The summed E-state index contributed by atoms with van der Waals surface area (Å²) in [7, 11) is 0. The summed E-state index contributed by atoms with van der Waals surface area (Å²) in [4.78, 5) is 3.87. The molecule has 1 fully saturated rings. The molecule has 1 heterocycles. The highest BCUT2D eigenvalue weighted by molar-refractivity contribution is 4.99. The van der Waals surface area contributed by atoms with Gasteiger partial charge in [0.2, 0.25) is 5.89 Å². The van der Waals surface area contributed by atoms with Gasteiger partial charge < -0.3 is 10.3 Å². The van der Waals surface area contributed by atoms with Gasteiger partial charge in [-0.15, -0.1) is 0 Å². The lowest BCUT2D eigenvalue weighted by Crippen LogP contribution is -2.14. The third-order valence-corrected chi connectivity index (χ3v) is 2.53. The van der Waals surface area contributed by atoms with Crippen LogP contribution in [0.4, 0.5) is 13.2 Å². The molecule has 1 aliphatic rings.